The lowest BCUT2D eigenvalue weighted by Crippen LogP contribution is -2.30. The smallest absolute Gasteiger partial charge is 0.462 e. The normalized spacial score (nSPS) is 14.0. The molecule has 636 valence electrons. The van der Waals surface area contributed by atoms with Crippen molar-refractivity contribution in [1.29, 1.82) is 0 Å². The van der Waals surface area contributed by atoms with Gasteiger partial charge >= 0.3 is 39.5 Å². The summed E-state index contributed by atoms with van der Waals surface area (Å²) in [7, 11) is -9.93. The molecule has 0 aliphatic heterocycles. The van der Waals surface area contributed by atoms with Crippen LogP contribution in [0.15, 0.2) is 0 Å². The predicted molar refractivity (Wildman–Crippen MR) is 442 cm³/mol. The van der Waals surface area contributed by atoms with E-state index >= 15 is 0 Å². The van der Waals surface area contributed by atoms with Gasteiger partial charge in [-0.1, -0.05) is 426 Å². The summed E-state index contributed by atoms with van der Waals surface area (Å²) in [5.41, 5.74) is 0. The third kappa shape index (κ3) is 80.5. The van der Waals surface area contributed by atoms with Crippen molar-refractivity contribution >= 4 is 39.5 Å². The number of phosphoric acid groups is 2. The van der Waals surface area contributed by atoms with Gasteiger partial charge in [-0.3, -0.25) is 37.3 Å². The van der Waals surface area contributed by atoms with Gasteiger partial charge in [0.15, 0.2) is 12.2 Å². The van der Waals surface area contributed by atoms with Gasteiger partial charge in [0.2, 0.25) is 0 Å². The molecule has 0 aromatic heterocycles. The lowest BCUT2D eigenvalue weighted by atomic mass is 9.99. The minimum atomic E-state index is -4.97. The number of esters is 4. The van der Waals surface area contributed by atoms with Crippen LogP contribution in [0.25, 0.3) is 0 Å². The van der Waals surface area contributed by atoms with E-state index in [4.69, 9.17) is 37.0 Å². The number of aliphatic hydroxyl groups is 1. The lowest BCUT2D eigenvalue weighted by Gasteiger charge is -2.21. The molecule has 0 aliphatic rings. The van der Waals surface area contributed by atoms with Crippen molar-refractivity contribution in [3.8, 4) is 0 Å². The molecular formula is C88H172O17P2. The summed E-state index contributed by atoms with van der Waals surface area (Å²) in [4.78, 5) is 73.3. The molecule has 3 N–H and O–H groups in total. The van der Waals surface area contributed by atoms with Crippen molar-refractivity contribution in [2.24, 2.45) is 5.92 Å². The maximum Gasteiger partial charge on any atom is 0.472 e. The molecule has 0 amide bonds. The average molecular weight is 1560 g/mol. The summed E-state index contributed by atoms with van der Waals surface area (Å²) >= 11 is 0. The summed E-state index contributed by atoms with van der Waals surface area (Å²) < 4.78 is 69.0. The Morgan fingerprint density at radius 3 is 0.664 bits per heavy atom. The zero-order valence-electron chi connectivity index (χ0n) is 70.3. The van der Waals surface area contributed by atoms with Crippen LogP contribution >= 0.6 is 15.6 Å². The zero-order valence-corrected chi connectivity index (χ0v) is 72.1. The van der Waals surface area contributed by atoms with Crippen LogP contribution in [0.5, 0.6) is 0 Å². The third-order valence-electron chi connectivity index (χ3n) is 21.1. The van der Waals surface area contributed by atoms with Crippen LogP contribution in [-0.2, 0) is 65.4 Å². The second-order valence-electron chi connectivity index (χ2n) is 31.9. The number of phosphoric ester groups is 2. The van der Waals surface area contributed by atoms with Crippen LogP contribution in [0.2, 0.25) is 0 Å². The Hall–Kier alpha value is -1.94. The fourth-order valence-electron chi connectivity index (χ4n) is 13.8. The molecule has 3 unspecified atom stereocenters. The topological polar surface area (TPSA) is 237 Å². The van der Waals surface area contributed by atoms with Crippen LogP contribution in [-0.4, -0.2) is 96.7 Å². The van der Waals surface area contributed by atoms with E-state index in [2.05, 4.69) is 34.6 Å². The number of carbonyl (C=O) groups is 4. The fraction of sp³-hybridized carbons (Fsp3) is 0.955. The first kappa shape index (κ1) is 105. The van der Waals surface area contributed by atoms with Crippen LogP contribution in [0.4, 0.5) is 0 Å². The van der Waals surface area contributed by atoms with E-state index in [0.29, 0.717) is 25.7 Å². The number of hydrogen-bond acceptors (Lipinski definition) is 15. The van der Waals surface area contributed by atoms with Gasteiger partial charge in [0.05, 0.1) is 26.4 Å². The standard InChI is InChI=1S/C88H172O17P2/c1-6-10-13-16-19-22-25-28-30-32-34-35-36-38-40-42-44-47-53-58-63-68-73-87(92)104-83(77-99-86(91)72-67-62-57-52-46-43-41-39-37-33-31-29-26-23-20-17-14-11-7-2)79-102-106(94,95)100-75-82(89)76-101-107(96,97)103-80-84(78-98-85(90)71-66-61-56-51-45-27-24-21-18-15-12-8-3)105-88(93)74-69-64-59-54-49-48-50-55-60-65-70-81(5)9-4/h81-84,89H,6-80H2,1-5H3,(H,94,95)(H,96,97)/t81?,82-,83-,84-/m1/s1. The summed E-state index contributed by atoms with van der Waals surface area (Å²) in [6, 6.07) is 0. The highest BCUT2D eigenvalue weighted by Crippen LogP contribution is 2.45. The Balaban J connectivity index is 5.23. The predicted octanol–water partition coefficient (Wildman–Crippen LogP) is 27.2. The molecule has 0 rings (SSSR count). The van der Waals surface area contributed by atoms with Crippen molar-refractivity contribution in [3.05, 3.63) is 0 Å². The molecule has 107 heavy (non-hydrogen) atoms. The summed E-state index contributed by atoms with van der Waals surface area (Å²) in [5.74, 6) is -1.29. The fourth-order valence-corrected chi connectivity index (χ4v) is 15.4. The number of unbranched alkanes of at least 4 members (excludes halogenated alkanes) is 59. The highest BCUT2D eigenvalue weighted by atomic mass is 31.2. The van der Waals surface area contributed by atoms with E-state index < -0.39 is 97.5 Å². The Morgan fingerprint density at radius 2 is 0.449 bits per heavy atom. The van der Waals surface area contributed by atoms with Crippen LogP contribution in [0, 0.1) is 5.92 Å². The van der Waals surface area contributed by atoms with E-state index in [-0.39, 0.29) is 25.7 Å². The van der Waals surface area contributed by atoms with Gasteiger partial charge in [0, 0.05) is 25.7 Å². The van der Waals surface area contributed by atoms with Gasteiger partial charge in [-0.15, -0.1) is 0 Å². The molecule has 0 heterocycles. The molecule has 0 radical (unpaired) electrons. The zero-order chi connectivity index (χ0) is 78.3. The second kappa shape index (κ2) is 80.7. The van der Waals surface area contributed by atoms with Gasteiger partial charge in [-0.05, 0) is 31.6 Å². The first-order valence-corrected chi connectivity index (χ1v) is 48.7. The summed E-state index contributed by atoms with van der Waals surface area (Å²) in [6.07, 6.45) is 75.0. The minimum absolute atomic E-state index is 0.107. The molecule has 0 saturated carbocycles. The number of ether oxygens (including phenoxy) is 4. The third-order valence-corrected chi connectivity index (χ3v) is 23.0. The number of hydrogen-bond donors (Lipinski definition) is 3. The highest BCUT2D eigenvalue weighted by Gasteiger charge is 2.30. The monoisotopic (exact) mass is 1560 g/mol. The van der Waals surface area contributed by atoms with Crippen LogP contribution in [0.1, 0.15) is 478 Å². The van der Waals surface area contributed by atoms with Crippen molar-refractivity contribution in [3.63, 3.8) is 0 Å². The van der Waals surface area contributed by atoms with Gasteiger partial charge < -0.3 is 33.8 Å². The number of aliphatic hydroxyl groups excluding tert-OH is 1. The first-order valence-electron chi connectivity index (χ1n) is 45.7. The first-order chi connectivity index (χ1) is 52.1. The lowest BCUT2D eigenvalue weighted by molar-refractivity contribution is -0.161. The Morgan fingerprint density at radius 1 is 0.262 bits per heavy atom. The average Bonchev–Trinajstić information content (AvgIpc) is 0.901. The van der Waals surface area contributed by atoms with E-state index in [0.717, 1.165) is 95.8 Å². The highest BCUT2D eigenvalue weighted by molar-refractivity contribution is 7.47. The van der Waals surface area contributed by atoms with E-state index in [1.807, 2.05) is 0 Å². The van der Waals surface area contributed by atoms with Gasteiger partial charge in [0.1, 0.15) is 19.3 Å². The summed E-state index contributed by atoms with van der Waals surface area (Å²) in [6.45, 7) is 7.40. The minimum Gasteiger partial charge on any atom is -0.462 e. The molecule has 0 aromatic rings. The van der Waals surface area contributed by atoms with Gasteiger partial charge in [-0.25, -0.2) is 9.13 Å². The SMILES string of the molecule is CCCCCCCCCCCCCCCCCCCCCCCCC(=O)O[C@H](COC(=O)CCCCCCCCCCCCCCCCCCCCC)COP(=O)(O)OC[C@@H](O)COP(=O)(O)OC[C@@H](COC(=O)CCCCCCCCCCCCCC)OC(=O)CCCCCCCCCCCCC(C)CC. The molecule has 17 nitrogen and oxygen atoms in total. The molecule has 0 bridgehead atoms. The maximum atomic E-state index is 13.2. The molecule has 0 spiro atoms. The number of carbonyl (C=O) groups excluding carboxylic acids is 4. The number of rotatable bonds is 88. The molecule has 0 saturated heterocycles. The van der Waals surface area contributed by atoms with Crippen LogP contribution < -0.4 is 0 Å². The molecular weight excluding hydrogens is 1390 g/mol. The van der Waals surface area contributed by atoms with Crippen molar-refractivity contribution in [1.82, 2.24) is 0 Å². The molecule has 0 fully saturated rings. The van der Waals surface area contributed by atoms with Crippen molar-refractivity contribution in [2.75, 3.05) is 39.6 Å². The van der Waals surface area contributed by atoms with Gasteiger partial charge in [0.25, 0.3) is 0 Å². The Bertz CT molecular complexity index is 2030. The molecule has 0 aliphatic carbocycles. The second-order valence-corrected chi connectivity index (χ2v) is 34.8. The van der Waals surface area contributed by atoms with E-state index in [1.165, 1.54) is 302 Å². The molecule has 0 aromatic carbocycles. The van der Waals surface area contributed by atoms with Crippen molar-refractivity contribution < 1.29 is 80.2 Å². The molecule has 6 atom stereocenters. The molecule has 19 heteroatoms. The summed E-state index contributed by atoms with van der Waals surface area (Å²) in [5, 5.41) is 10.7. The maximum absolute atomic E-state index is 13.2. The van der Waals surface area contributed by atoms with E-state index in [9.17, 15) is 43.2 Å². The Labute approximate surface area is 658 Å². The largest absolute Gasteiger partial charge is 0.472 e. The Kier molecular flexibility index (Phi) is 79.2. The van der Waals surface area contributed by atoms with E-state index in [1.54, 1.807) is 0 Å². The van der Waals surface area contributed by atoms with Gasteiger partial charge in [-0.2, -0.15) is 0 Å². The van der Waals surface area contributed by atoms with Crippen molar-refractivity contribution in [2.45, 2.75) is 496 Å². The van der Waals surface area contributed by atoms with Crippen LogP contribution in [0.3, 0.4) is 0 Å². The quantitative estimate of drug-likeness (QED) is 0.0222.